The molecule has 4 amide bonds. The van der Waals surface area contributed by atoms with E-state index in [0.717, 1.165) is 57.6 Å². The molecule has 4 aliphatic rings. The maximum absolute atomic E-state index is 11.5. The third kappa shape index (κ3) is 8.89. The first-order valence-electron chi connectivity index (χ1n) is 16.1. The van der Waals surface area contributed by atoms with Crippen LogP contribution in [-0.4, -0.2) is 60.9 Å². The summed E-state index contributed by atoms with van der Waals surface area (Å²) in [5, 5.41) is 3.76. The second-order valence-corrected chi connectivity index (χ2v) is 13.5. The number of carbonyl (C=O) groups excluding carboxylic acids is 4. The van der Waals surface area contributed by atoms with Gasteiger partial charge in [0.2, 0.25) is 0 Å². The van der Waals surface area contributed by atoms with Crippen molar-refractivity contribution in [2.24, 2.45) is 0 Å². The zero-order valence-electron chi connectivity index (χ0n) is 27.3. The SMILES string of the molecule is O=C1NC(=O)C(=Cc2ccc(OCC3COc4ccccc4O3)cc2)S1.O=C1NC(=O)C(=Cc2ccc(OCC3COc4ccccc4O3)cc2)S1. The first-order valence-corrected chi connectivity index (χ1v) is 17.7. The molecule has 2 atom stereocenters. The molecule has 4 aromatic rings. The molecule has 52 heavy (non-hydrogen) atoms. The fraction of sp³-hybridized carbons (Fsp3) is 0.158. The molecule has 2 fully saturated rings. The van der Waals surface area contributed by atoms with Gasteiger partial charge in [0.15, 0.2) is 35.2 Å². The zero-order chi connectivity index (χ0) is 35.9. The Kier molecular flexibility index (Phi) is 10.6. The number of carbonyl (C=O) groups is 4. The van der Waals surface area contributed by atoms with Gasteiger partial charge in [0.05, 0.1) is 9.81 Å². The Morgan fingerprint density at radius 2 is 0.942 bits per heavy atom. The Morgan fingerprint density at radius 3 is 1.31 bits per heavy atom. The van der Waals surface area contributed by atoms with Crippen LogP contribution in [0.15, 0.2) is 107 Å². The molecule has 12 nitrogen and oxygen atoms in total. The van der Waals surface area contributed by atoms with Gasteiger partial charge in [0.1, 0.15) is 37.9 Å². The molecule has 0 aromatic heterocycles. The zero-order valence-corrected chi connectivity index (χ0v) is 28.9. The monoisotopic (exact) mass is 738 g/mol. The topological polar surface area (TPSA) is 148 Å². The lowest BCUT2D eigenvalue weighted by atomic mass is 10.2. The summed E-state index contributed by atoms with van der Waals surface area (Å²) in [6.07, 6.45) is 2.97. The van der Waals surface area contributed by atoms with Crippen LogP contribution in [0, 0.1) is 0 Å². The highest BCUT2D eigenvalue weighted by Gasteiger charge is 2.26. The van der Waals surface area contributed by atoms with Crippen molar-refractivity contribution in [2.45, 2.75) is 12.2 Å². The summed E-state index contributed by atoms with van der Waals surface area (Å²) in [5.74, 6) is 3.57. The molecule has 2 N–H and O–H groups in total. The Labute approximate surface area is 306 Å². The van der Waals surface area contributed by atoms with Crippen molar-refractivity contribution >= 4 is 58.0 Å². The maximum atomic E-state index is 11.5. The predicted octanol–water partition coefficient (Wildman–Crippen LogP) is 6.46. The van der Waals surface area contributed by atoms with Crippen LogP contribution in [0.3, 0.4) is 0 Å². The molecule has 8 rings (SSSR count). The summed E-state index contributed by atoms with van der Waals surface area (Å²) in [6, 6.07) is 29.6. The third-order valence-electron chi connectivity index (χ3n) is 7.65. The van der Waals surface area contributed by atoms with Gasteiger partial charge < -0.3 is 28.4 Å². The van der Waals surface area contributed by atoms with Crippen molar-refractivity contribution in [2.75, 3.05) is 26.4 Å². The number of benzene rings is 4. The van der Waals surface area contributed by atoms with Crippen molar-refractivity contribution in [3.63, 3.8) is 0 Å². The maximum Gasteiger partial charge on any atom is 0.290 e. The number of rotatable bonds is 8. The number of para-hydroxylation sites is 4. The minimum atomic E-state index is -0.366. The molecule has 4 aliphatic heterocycles. The molecule has 14 heteroatoms. The van der Waals surface area contributed by atoms with E-state index in [1.807, 2.05) is 97.1 Å². The number of nitrogens with one attached hydrogen (secondary N) is 2. The smallest absolute Gasteiger partial charge is 0.290 e. The lowest BCUT2D eigenvalue weighted by Gasteiger charge is -2.26. The number of imide groups is 2. The van der Waals surface area contributed by atoms with Crippen LogP contribution in [0.25, 0.3) is 12.2 Å². The second-order valence-electron chi connectivity index (χ2n) is 11.5. The van der Waals surface area contributed by atoms with Crippen LogP contribution in [-0.2, 0) is 9.59 Å². The van der Waals surface area contributed by atoms with E-state index in [9.17, 15) is 19.2 Å². The summed E-state index contributed by atoms with van der Waals surface area (Å²) in [7, 11) is 0. The van der Waals surface area contributed by atoms with E-state index in [-0.39, 0.29) is 34.5 Å². The average Bonchev–Trinajstić information content (AvgIpc) is 3.66. The van der Waals surface area contributed by atoms with E-state index in [1.54, 1.807) is 12.2 Å². The lowest BCUT2D eigenvalue weighted by molar-refractivity contribution is -0.116. The van der Waals surface area contributed by atoms with Crippen LogP contribution >= 0.6 is 23.5 Å². The normalized spacial score (nSPS) is 20.2. The van der Waals surface area contributed by atoms with E-state index in [4.69, 9.17) is 28.4 Å². The van der Waals surface area contributed by atoms with Gasteiger partial charge in [-0.15, -0.1) is 0 Å². The molecular formula is C38H30N2O10S2. The molecule has 0 saturated carbocycles. The number of fused-ring (bicyclic) bond motifs is 2. The predicted molar refractivity (Wildman–Crippen MR) is 195 cm³/mol. The largest absolute Gasteiger partial charge is 0.490 e. The standard InChI is InChI=1S/2C19H15NO5S/c2*21-18-17(26-19(22)20-18)9-12-5-7-13(8-6-12)23-10-14-11-24-15-3-1-2-4-16(15)25-14/h2*1-9,14H,10-11H2,(H,20,21,22). The van der Waals surface area contributed by atoms with Gasteiger partial charge >= 0.3 is 0 Å². The summed E-state index contributed by atoms with van der Waals surface area (Å²) < 4.78 is 34.5. The highest BCUT2D eigenvalue weighted by molar-refractivity contribution is 8.18. The second kappa shape index (κ2) is 16.0. The van der Waals surface area contributed by atoms with Crippen molar-refractivity contribution in [3.05, 3.63) is 118 Å². The first-order chi connectivity index (χ1) is 25.3. The Morgan fingerprint density at radius 1 is 0.558 bits per heavy atom. The van der Waals surface area contributed by atoms with Gasteiger partial charge in [-0.25, -0.2) is 0 Å². The van der Waals surface area contributed by atoms with Gasteiger partial charge in [-0.3, -0.25) is 29.8 Å². The quantitative estimate of drug-likeness (QED) is 0.191. The Bertz CT molecular complexity index is 1900. The number of hydrogen-bond acceptors (Lipinski definition) is 12. The molecule has 264 valence electrons. The summed E-state index contributed by atoms with van der Waals surface area (Å²) in [4.78, 5) is 46.2. The molecule has 4 aromatic carbocycles. The van der Waals surface area contributed by atoms with Crippen molar-refractivity contribution < 1.29 is 47.6 Å². The van der Waals surface area contributed by atoms with E-state index >= 15 is 0 Å². The molecule has 0 bridgehead atoms. The summed E-state index contributed by atoms with van der Waals surface area (Å²) in [5.41, 5.74) is 1.63. The number of hydrogen-bond donors (Lipinski definition) is 2. The molecule has 2 saturated heterocycles. The van der Waals surface area contributed by atoms with E-state index < -0.39 is 0 Å². The Balaban J connectivity index is 0.000000162. The van der Waals surface area contributed by atoms with Crippen LogP contribution < -0.4 is 39.1 Å². The van der Waals surface area contributed by atoms with Crippen LogP contribution in [0.2, 0.25) is 0 Å². The highest BCUT2D eigenvalue weighted by atomic mass is 32.2. The lowest BCUT2D eigenvalue weighted by Crippen LogP contribution is -2.34. The minimum Gasteiger partial charge on any atom is -0.490 e. The van der Waals surface area contributed by atoms with Crippen molar-refractivity contribution in [3.8, 4) is 34.5 Å². The molecule has 0 aliphatic carbocycles. The highest BCUT2D eigenvalue weighted by Crippen LogP contribution is 2.33. The fourth-order valence-corrected chi connectivity index (χ4v) is 6.50. The van der Waals surface area contributed by atoms with Crippen LogP contribution in [0.5, 0.6) is 34.5 Å². The van der Waals surface area contributed by atoms with Gasteiger partial charge in [-0.05, 0) is 95.3 Å². The molecular weight excluding hydrogens is 709 g/mol. The molecule has 4 heterocycles. The Hall–Kier alpha value is -5.86. The minimum absolute atomic E-state index is 0.184. The number of ether oxygens (including phenoxy) is 6. The van der Waals surface area contributed by atoms with Gasteiger partial charge in [0, 0.05) is 0 Å². The first kappa shape index (κ1) is 34.6. The summed E-state index contributed by atoms with van der Waals surface area (Å²) >= 11 is 1.79. The molecule has 0 spiro atoms. The van der Waals surface area contributed by atoms with Crippen LogP contribution in [0.4, 0.5) is 9.59 Å². The van der Waals surface area contributed by atoms with Crippen LogP contribution in [0.1, 0.15) is 11.1 Å². The molecule has 0 radical (unpaired) electrons. The molecule has 2 unspecified atom stereocenters. The third-order valence-corrected chi connectivity index (χ3v) is 9.27. The number of thioether (sulfide) groups is 2. The van der Waals surface area contributed by atoms with E-state index in [1.165, 1.54) is 0 Å². The van der Waals surface area contributed by atoms with Crippen molar-refractivity contribution in [1.82, 2.24) is 10.6 Å². The number of amides is 4. The van der Waals surface area contributed by atoms with Gasteiger partial charge in [-0.2, -0.15) is 0 Å². The van der Waals surface area contributed by atoms with Crippen molar-refractivity contribution in [1.29, 1.82) is 0 Å². The summed E-state index contributed by atoms with van der Waals surface area (Å²) in [6.45, 7) is 1.59. The van der Waals surface area contributed by atoms with E-state index in [2.05, 4.69) is 10.6 Å². The average molecular weight is 739 g/mol. The van der Waals surface area contributed by atoms with Gasteiger partial charge in [0.25, 0.3) is 22.3 Å². The van der Waals surface area contributed by atoms with Gasteiger partial charge in [-0.1, -0.05) is 48.5 Å². The van der Waals surface area contributed by atoms with E-state index in [0.29, 0.717) is 47.7 Å². The fourth-order valence-electron chi connectivity index (χ4n) is 5.13.